The van der Waals surface area contributed by atoms with Crippen LogP contribution in [0.1, 0.15) is 26.3 Å². The van der Waals surface area contributed by atoms with E-state index in [1.165, 1.54) is 12.1 Å². The first-order chi connectivity index (χ1) is 12.5. The van der Waals surface area contributed by atoms with Gasteiger partial charge in [-0.05, 0) is 42.3 Å². The molecule has 0 unspecified atom stereocenters. The summed E-state index contributed by atoms with van der Waals surface area (Å²) in [5.74, 6) is -1.56. The van der Waals surface area contributed by atoms with Crippen LogP contribution in [-0.2, 0) is 0 Å². The number of carboxylic acids is 1. The molecule has 1 N–H and O–H groups in total. The van der Waals surface area contributed by atoms with Crippen molar-refractivity contribution in [2.45, 2.75) is 6.92 Å². The molecule has 0 fully saturated rings. The van der Waals surface area contributed by atoms with E-state index in [4.69, 9.17) is 16.3 Å². The molecule has 3 aromatic rings. The zero-order chi connectivity index (χ0) is 18.7. The Hall–Kier alpha value is -3.11. The fourth-order valence-electron chi connectivity index (χ4n) is 2.66. The summed E-state index contributed by atoms with van der Waals surface area (Å²) in [6.45, 7) is 1.88. The average molecular weight is 367 g/mol. The SMILES string of the molecule is Cc1ccc(OC(=O)c2cccc(C(=O)O)c2-c2ccccc2)c(Cl)c1. The minimum atomic E-state index is -1.12. The smallest absolute Gasteiger partial charge is 0.344 e. The predicted molar refractivity (Wildman–Crippen MR) is 100.0 cm³/mol. The molecular weight excluding hydrogens is 352 g/mol. The molecule has 4 nitrogen and oxygen atoms in total. The molecule has 0 saturated carbocycles. The second kappa shape index (κ2) is 7.42. The zero-order valence-corrected chi connectivity index (χ0v) is 14.7. The minimum absolute atomic E-state index is 0.0284. The van der Waals surface area contributed by atoms with E-state index in [0.717, 1.165) is 5.56 Å². The Labute approximate surface area is 155 Å². The first-order valence-corrected chi connectivity index (χ1v) is 8.25. The van der Waals surface area contributed by atoms with E-state index in [9.17, 15) is 14.7 Å². The van der Waals surface area contributed by atoms with Gasteiger partial charge in [-0.25, -0.2) is 9.59 Å². The summed E-state index contributed by atoms with van der Waals surface area (Å²) in [6, 6.07) is 18.5. The third-order valence-electron chi connectivity index (χ3n) is 3.87. The van der Waals surface area contributed by atoms with Crippen LogP contribution < -0.4 is 4.74 Å². The van der Waals surface area contributed by atoms with Gasteiger partial charge >= 0.3 is 11.9 Å². The van der Waals surface area contributed by atoms with E-state index in [-0.39, 0.29) is 16.9 Å². The van der Waals surface area contributed by atoms with Gasteiger partial charge in [-0.3, -0.25) is 0 Å². The molecule has 0 bridgehead atoms. The Morgan fingerprint density at radius 2 is 1.62 bits per heavy atom. The minimum Gasteiger partial charge on any atom is -0.478 e. The summed E-state index contributed by atoms with van der Waals surface area (Å²) < 4.78 is 5.42. The van der Waals surface area contributed by atoms with Gasteiger partial charge in [0, 0.05) is 5.56 Å². The molecule has 130 valence electrons. The Kier molecular flexibility index (Phi) is 5.05. The number of aryl methyl sites for hydroxylation is 1. The molecule has 5 heteroatoms. The summed E-state index contributed by atoms with van der Waals surface area (Å²) in [5, 5.41) is 9.84. The number of hydrogen-bond donors (Lipinski definition) is 1. The van der Waals surface area contributed by atoms with Crippen LogP contribution in [0, 0.1) is 6.92 Å². The monoisotopic (exact) mass is 366 g/mol. The van der Waals surface area contributed by atoms with Crippen molar-refractivity contribution in [3.05, 3.63) is 88.4 Å². The first kappa shape index (κ1) is 17.7. The van der Waals surface area contributed by atoms with Crippen LogP contribution in [0.4, 0.5) is 0 Å². The topological polar surface area (TPSA) is 63.6 Å². The standard InChI is InChI=1S/C21H15ClO4/c1-13-10-11-18(17(22)12-13)26-21(25)16-9-5-8-15(20(23)24)19(16)14-6-3-2-4-7-14/h2-12H,1H3,(H,23,24). The van der Waals surface area contributed by atoms with Gasteiger partial charge in [0.1, 0.15) is 5.75 Å². The van der Waals surface area contributed by atoms with Crippen LogP contribution in [0.25, 0.3) is 11.1 Å². The highest BCUT2D eigenvalue weighted by Gasteiger charge is 2.22. The van der Waals surface area contributed by atoms with Gasteiger partial charge in [0.15, 0.2) is 0 Å². The number of hydrogen-bond acceptors (Lipinski definition) is 3. The van der Waals surface area contributed by atoms with Crippen LogP contribution in [-0.4, -0.2) is 17.0 Å². The summed E-state index contributed by atoms with van der Waals surface area (Å²) in [6.07, 6.45) is 0. The third kappa shape index (κ3) is 3.60. The number of carbonyl (C=O) groups excluding carboxylic acids is 1. The average Bonchev–Trinajstić information content (AvgIpc) is 2.64. The lowest BCUT2D eigenvalue weighted by Gasteiger charge is -2.13. The normalized spacial score (nSPS) is 10.4. The molecule has 0 amide bonds. The predicted octanol–water partition coefficient (Wildman–Crippen LogP) is 5.23. The molecule has 0 spiro atoms. The molecule has 0 aliphatic rings. The highest BCUT2D eigenvalue weighted by atomic mass is 35.5. The van der Waals surface area contributed by atoms with Crippen molar-refractivity contribution in [3.63, 3.8) is 0 Å². The molecule has 0 saturated heterocycles. The van der Waals surface area contributed by atoms with Gasteiger partial charge in [0.2, 0.25) is 0 Å². The largest absolute Gasteiger partial charge is 0.478 e. The Balaban J connectivity index is 2.08. The number of benzene rings is 3. The Bertz CT molecular complexity index is 981. The van der Waals surface area contributed by atoms with Crippen molar-refractivity contribution in [1.29, 1.82) is 0 Å². The zero-order valence-electron chi connectivity index (χ0n) is 13.9. The maximum Gasteiger partial charge on any atom is 0.344 e. The van der Waals surface area contributed by atoms with Crippen molar-refractivity contribution in [2.75, 3.05) is 0 Å². The van der Waals surface area contributed by atoms with Gasteiger partial charge in [0.05, 0.1) is 16.1 Å². The lowest BCUT2D eigenvalue weighted by Crippen LogP contribution is -2.13. The number of carboxylic acid groups (broad SMARTS) is 1. The number of ether oxygens (including phenoxy) is 1. The molecule has 0 heterocycles. The highest BCUT2D eigenvalue weighted by Crippen LogP contribution is 2.31. The number of esters is 1. The fraction of sp³-hybridized carbons (Fsp3) is 0.0476. The molecule has 26 heavy (non-hydrogen) atoms. The molecular formula is C21H15ClO4. The van der Waals surface area contributed by atoms with Crippen molar-refractivity contribution < 1.29 is 19.4 Å². The second-order valence-electron chi connectivity index (χ2n) is 5.72. The van der Waals surface area contributed by atoms with E-state index >= 15 is 0 Å². The van der Waals surface area contributed by atoms with E-state index in [0.29, 0.717) is 16.1 Å². The second-order valence-corrected chi connectivity index (χ2v) is 6.13. The maximum absolute atomic E-state index is 12.7. The van der Waals surface area contributed by atoms with Gasteiger partial charge in [-0.2, -0.15) is 0 Å². The summed E-state index contributed by atoms with van der Waals surface area (Å²) in [4.78, 5) is 24.4. The number of halogens is 1. The van der Waals surface area contributed by atoms with E-state index in [2.05, 4.69) is 0 Å². The molecule has 0 radical (unpaired) electrons. The van der Waals surface area contributed by atoms with E-state index < -0.39 is 11.9 Å². The van der Waals surface area contributed by atoms with Crippen LogP contribution in [0.2, 0.25) is 5.02 Å². The lowest BCUT2D eigenvalue weighted by atomic mass is 9.94. The summed E-state index contributed by atoms with van der Waals surface area (Å²) >= 11 is 6.13. The van der Waals surface area contributed by atoms with Crippen LogP contribution in [0.15, 0.2) is 66.7 Å². The lowest BCUT2D eigenvalue weighted by molar-refractivity contribution is 0.0697. The third-order valence-corrected chi connectivity index (χ3v) is 4.16. The molecule has 0 aliphatic heterocycles. The summed E-state index contributed by atoms with van der Waals surface area (Å²) in [7, 11) is 0. The number of rotatable bonds is 4. The number of aromatic carboxylic acids is 1. The molecule has 0 aromatic heterocycles. The van der Waals surface area contributed by atoms with E-state index in [1.807, 2.05) is 13.0 Å². The Morgan fingerprint density at radius 1 is 0.923 bits per heavy atom. The van der Waals surface area contributed by atoms with Crippen LogP contribution in [0.5, 0.6) is 5.75 Å². The van der Waals surface area contributed by atoms with E-state index in [1.54, 1.807) is 48.5 Å². The van der Waals surface area contributed by atoms with Gasteiger partial charge < -0.3 is 9.84 Å². The molecule has 3 aromatic carbocycles. The molecule has 0 atom stereocenters. The fourth-order valence-corrected chi connectivity index (χ4v) is 2.93. The first-order valence-electron chi connectivity index (χ1n) is 7.87. The van der Waals surface area contributed by atoms with Crippen LogP contribution in [0.3, 0.4) is 0 Å². The van der Waals surface area contributed by atoms with Gasteiger partial charge in [-0.1, -0.05) is 54.1 Å². The van der Waals surface area contributed by atoms with Crippen LogP contribution >= 0.6 is 11.6 Å². The van der Waals surface area contributed by atoms with Crippen molar-refractivity contribution in [2.24, 2.45) is 0 Å². The van der Waals surface area contributed by atoms with Crippen molar-refractivity contribution >= 4 is 23.5 Å². The van der Waals surface area contributed by atoms with Gasteiger partial charge in [-0.15, -0.1) is 0 Å². The highest BCUT2D eigenvalue weighted by molar-refractivity contribution is 6.32. The van der Waals surface area contributed by atoms with Gasteiger partial charge in [0.25, 0.3) is 0 Å². The summed E-state index contributed by atoms with van der Waals surface area (Å²) in [5.41, 5.74) is 2.06. The molecule has 3 rings (SSSR count). The molecule has 0 aliphatic carbocycles. The van der Waals surface area contributed by atoms with Crippen molar-refractivity contribution in [3.8, 4) is 16.9 Å². The Morgan fingerprint density at radius 3 is 2.27 bits per heavy atom. The van der Waals surface area contributed by atoms with Crippen molar-refractivity contribution in [1.82, 2.24) is 0 Å². The number of carbonyl (C=O) groups is 2. The maximum atomic E-state index is 12.7. The quantitative estimate of drug-likeness (QED) is 0.507.